The first-order valence-electron chi connectivity index (χ1n) is 6.28. The third-order valence-corrected chi connectivity index (χ3v) is 3.29. The van der Waals surface area contributed by atoms with Gasteiger partial charge in [0, 0.05) is 15.2 Å². The summed E-state index contributed by atoms with van der Waals surface area (Å²) in [5, 5.41) is 6.05. The van der Waals surface area contributed by atoms with E-state index in [9.17, 15) is 4.79 Å². The summed E-state index contributed by atoms with van der Waals surface area (Å²) in [7, 11) is 0. The van der Waals surface area contributed by atoms with Gasteiger partial charge in [0.15, 0.2) is 6.23 Å². The second-order valence-electron chi connectivity index (χ2n) is 4.32. The zero-order valence-corrected chi connectivity index (χ0v) is 13.6. The van der Waals surface area contributed by atoms with Crippen molar-refractivity contribution in [2.24, 2.45) is 0 Å². The Labute approximate surface area is 136 Å². The number of ether oxygens (including phenoxy) is 1. The highest BCUT2D eigenvalue weighted by Crippen LogP contribution is 2.17. The number of urea groups is 1. The second kappa shape index (κ2) is 7.33. The molecule has 2 aromatic carbocycles. The molecule has 0 bridgehead atoms. The zero-order valence-electron chi connectivity index (χ0n) is 11.3. The lowest BCUT2D eigenvalue weighted by atomic mass is 10.3. The molecule has 0 aliphatic heterocycles. The van der Waals surface area contributed by atoms with Crippen molar-refractivity contribution in [3.8, 4) is 5.75 Å². The van der Waals surface area contributed by atoms with Gasteiger partial charge in [0.05, 0.1) is 0 Å². The van der Waals surface area contributed by atoms with Crippen molar-refractivity contribution in [1.82, 2.24) is 5.32 Å². The highest BCUT2D eigenvalue weighted by molar-refractivity contribution is 9.10. The smallest absolute Gasteiger partial charge is 0.322 e. The summed E-state index contributed by atoms with van der Waals surface area (Å²) in [5.41, 5.74) is 0.695. The lowest BCUT2D eigenvalue weighted by molar-refractivity contribution is 0.183. The van der Waals surface area contributed by atoms with Crippen molar-refractivity contribution in [2.75, 3.05) is 5.32 Å². The average Bonchev–Trinajstić information content (AvgIpc) is 2.41. The molecule has 2 N–H and O–H groups in total. The molecule has 1 unspecified atom stereocenters. The molecule has 0 heterocycles. The van der Waals surface area contributed by atoms with Gasteiger partial charge in [-0.15, -0.1) is 0 Å². The summed E-state index contributed by atoms with van der Waals surface area (Å²) < 4.78 is 6.46. The number of benzene rings is 2. The maximum atomic E-state index is 11.8. The van der Waals surface area contributed by atoms with Crippen LogP contribution in [0.15, 0.2) is 53.0 Å². The predicted molar refractivity (Wildman–Crippen MR) is 87.8 cm³/mol. The van der Waals surface area contributed by atoms with Crippen LogP contribution in [0.1, 0.15) is 6.92 Å². The van der Waals surface area contributed by atoms with Crippen LogP contribution in [0, 0.1) is 0 Å². The van der Waals surface area contributed by atoms with Crippen LogP contribution in [-0.4, -0.2) is 12.3 Å². The third-order valence-electron chi connectivity index (χ3n) is 2.54. The summed E-state index contributed by atoms with van der Waals surface area (Å²) in [5.74, 6) is 0.634. The predicted octanol–water partition coefficient (Wildman–Crippen LogP) is 4.65. The van der Waals surface area contributed by atoms with Crippen molar-refractivity contribution in [1.29, 1.82) is 0 Å². The molecule has 6 heteroatoms. The maximum Gasteiger partial charge on any atom is 0.322 e. The Morgan fingerprint density at radius 3 is 2.62 bits per heavy atom. The third kappa shape index (κ3) is 5.28. The van der Waals surface area contributed by atoms with Gasteiger partial charge in [0.2, 0.25) is 0 Å². The highest BCUT2D eigenvalue weighted by Gasteiger charge is 2.08. The Hall–Kier alpha value is -1.72. The van der Waals surface area contributed by atoms with E-state index in [1.54, 1.807) is 37.3 Å². The number of rotatable bonds is 4. The van der Waals surface area contributed by atoms with E-state index in [-0.39, 0.29) is 6.03 Å². The second-order valence-corrected chi connectivity index (χ2v) is 5.67. The summed E-state index contributed by atoms with van der Waals surface area (Å²) in [6.07, 6.45) is -0.474. The molecule has 0 aliphatic rings. The van der Waals surface area contributed by atoms with Crippen molar-refractivity contribution in [3.63, 3.8) is 0 Å². The normalized spacial score (nSPS) is 11.6. The molecule has 21 heavy (non-hydrogen) atoms. The van der Waals surface area contributed by atoms with Crippen LogP contribution in [-0.2, 0) is 0 Å². The summed E-state index contributed by atoms with van der Waals surface area (Å²) in [6.45, 7) is 1.75. The number of carbonyl (C=O) groups is 1. The minimum absolute atomic E-state index is 0.338. The lowest BCUT2D eigenvalue weighted by Crippen LogP contribution is -2.39. The van der Waals surface area contributed by atoms with E-state index in [2.05, 4.69) is 26.6 Å². The summed E-state index contributed by atoms with van der Waals surface area (Å²) in [6, 6.07) is 13.9. The Morgan fingerprint density at radius 2 is 1.95 bits per heavy atom. The first-order chi connectivity index (χ1) is 10.0. The Morgan fingerprint density at radius 1 is 1.24 bits per heavy atom. The van der Waals surface area contributed by atoms with Gasteiger partial charge >= 0.3 is 6.03 Å². The van der Waals surface area contributed by atoms with E-state index >= 15 is 0 Å². The summed E-state index contributed by atoms with van der Waals surface area (Å²) in [4.78, 5) is 11.8. The summed E-state index contributed by atoms with van der Waals surface area (Å²) >= 11 is 9.14. The monoisotopic (exact) mass is 368 g/mol. The molecule has 0 radical (unpaired) electrons. The number of hydrogen-bond acceptors (Lipinski definition) is 2. The fourth-order valence-corrected chi connectivity index (χ4v) is 2.19. The largest absolute Gasteiger partial charge is 0.471 e. The Bertz CT molecular complexity index is 619. The zero-order chi connectivity index (χ0) is 15.2. The van der Waals surface area contributed by atoms with E-state index in [0.29, 0.717) is 16.5 Å². The van der Waals surface area contributed by atoms with Crippen molar-refractivity contribution in [3.05, 3.63) is 58.0 Å². The van der Waals surface area contributed by atoms with Gasteiger partial charge < -0.3 is 15.4 Å². The van der Waals surface area contributed by atoms with Crippen LogP contribution in [0.2, 0.25) is 5.02 Å². The number of nitrogens with one attached hydrogen (secondary N) is 2. The fourth-order valence-electron chi connectivity index (χ4n) is 1.66. The molecule has 2 amide bonds. The number of halogens is 2. The number of amides is 2. The van der Waals surface area contributed by atoms with Crippen LogP contribution in [0.5, 0.6) is 5.75 Å². The number of carbonyl (C=O) groups excluding carboxylic acids is 1. The molecule has 110 valence electrons. The molecule has 0 saturated carbocycles. The SMILES string of the molecule is CC(NC(=O)Nc1cccc(Br)c1)Oc1ccc(Cl)cc1. The standard InChI is InChI=1S/C15H14BrClN2O2/c1-10(21-14-7-5-12(17)6-8-14)18-15(20)19-13-4-2-3-11(16)9-13/h2-10H,1H3,(H2,18,19,20). The molecule has 4 nitrogen and oxygen atoms in total. The molecule has 0 spiro atoms. The van der Waals surface area contributed by atoms with Gasteiger partial charge in [-0.05, 0) is 49.4 Å². The van der Waals surface area contributed by atoms with Crippen LogP contribution in [0.25, 0.3) is 0 Å². The van der Waals surface area contributed by atoms with E-state index in [4.69, 9.17) is 16.3 Å². The molecule has 1 atom stereocenters. The molecule has 2 rings (SSSR count). The van der Waals surface area contributed by atoms with Gasteiger partial charge in [-0.25, -0.2) is 4.79 Å². The first kappa shape index (κ1) is 15.7. The lowest BCUT2D eigenvalue weighted by Gasteiger charge is -2.16. The van der Waals surface area contributed by atoms with Crippen LogP contribution in [0.4, 0.5) is 10.5 Å². The highest BCUT2D eigenvalue weighted by atomic mass is 79.9. The topological polar surface area (TPSA) is 50.4 Å². The van der Waals surface area contributed by atoms with Crippen LogP contribution >= 0.6 is 27.5 Å². The van der Waals surface area contributed by atoms with E-state index in [1.165, 1.54) is 0 Å². The number of anilines is 1. The van der Waals surface area contributed by atoms with Gasteiger partial charge in [-0.3, -0.25) is 0 Å². The molecular formula is C15H14BrClN2O2. The van der Waals surface area contributed by atoms with Crippen molar-refractivity contribution < 1.29 is 9.53 Å². The fraction of sp³-hybridized carbons (Fsp3) is 0.133. The van der Waals surface area contributed by atoms with Crippen molar-refractivity contribution >= 4 is 39.2 Å². The van der Waals surface area contributed by atoms with Crippen molar-refractivity contribution in [2.45, 2.75) is 13.2 Å². The quantitative estimate of drug-likeness (QED) is 0.771. The molecule has 0 saturated heterocycles. The molecule has 0 fully saturated rings. The van der Waals surface area contributed by atoms with Gasteiger partial charge in [-0.2, -0.15) is 0 Å². The molecule has 0 aromatic heterocycles. The molecular weight excluding hydrogens is 356 g/mol. The van der Waals surface area contributed by atoms with Crippen LogP contribution < -0.4 is 15.4 Å². The minimum Gasteiger partial charge on any atom is -0.471 e. The minimum atomic E-state index is -0.474. The van der Waals surface area contributed by atoms with E-state index in [0.717, 1.165) is 4.47 Å². The molecule has 0 aliphatic carbocycles. The van der Waals surface area contributed by atoms with Gasteiger partial charge in [-0.1, -0.05) is 33.6 Å². The maximum absolute atomic E-state index is 11.8. The Kier molecular flexibility index (Phi) is 5.47. The first-order valence-corrected chi connectivity index (χ1v) is 7.45. The Balaban J connectivity index is 1.86. The van der Waals surface area contributed by atoms with E-state index in [1.807, 2.05) is 18.2 Å². The molecule has 2 aromatic rings. The van der Waals surface area contributed by atoms with Crippen LogP contribution in [0.3, 0.4) is 0 Å². The average molecular weight is 370 g/mol. The van der Waals surface area contributed by atoms with Gasteiger partial charge in [0.25, 0.3) is 0 Å². The van der Waals surface area contributed by atoms with E-state index < -0.39 is 6.23 Å². The van der Waals surface area contributed by atoms with Gasteiger partial charge in [0.1, 0.15) is 5.75 Å². The number of hydrogen-bond donors (Lipinski definition) is 2.